The summed E-state index contributed by atoms with van der Waals surface area (Å²) in [5.41, 5.74) is 0. The Bertz CT molecular complexity index is 433. The van der Waals surface area contributed by atoms with Crippen LogP contribution in [0.25, 0.3) is 0 Å². The zero-order chi connectivity index (χ0) is 12.1. The molecule has 0 N–H and O–H groups in total. The Kier molecular flexibility index (Phi) is 4.18. The fourth-order valence-electron chi connectivity index (χ4n) is 2.12. The van der Waals surface area contributed by atoms with Crippen LogP contribution in [0.3, 0.4) is 0 Å². The molecule has 0 spiro atoms. The van der Waals surface area contributed by atoms with Crippen LogP contribution in [0.5, 0.6) is 0 Å². The number of ether oxygens (including phenoxy) is 1. The highest BCUT2D eigenvalue weighted by Crippen LogP contribution is 2.18. The monoisotopic (exact) mass is 254 g/mol. The molecular formula is C13H18O3S. The number of benzene rings is 1. The standard InChI is InChI=1S/C13H18O3S/c14-17(15,13-8-2-1-3-9-13)11-5-7-12-6-4-10-16-12/h1-3,8-9,12H,4-7,10-11H2. The van der Waals surface area contributed by atoms with Gasteiger partial charge in [-0.2, -0.15) is 0 Å². The van der Waals surface area contributed by atoms with Crippen molar-refractivity contribution in [2.24, 2.45) is 0 Å². The lowest BCUT2D eigenvalue weighted by atomic mass is 10.1. The third-order valence-corrected chi connectivity index (χ3v) is 4.88. The quantitative estimate of drug-likeness (QED) is 0.810. The highest BCUT2D eigenvalue weighted by Gasteiger charge is 2.18. The summed E-state index contributed by atoms with van der Waals surface area (Å²) < 4.78 is 29.4. The van der Waals surface area contributed by atoms with Crippen LogP contribution >= 0.6 is 0 Å². The lowest BCUT2D eigenvalue weighted by Crippen LogP contribution is -2.11. The average Bonchev–Trinajstić information content (AvgIpc) is 2.83. The van der Waals surface area contributed by atoms with Crippen LogP contribution in [0.4, 0.5) is 0 Å². The van der Waals surface area contributed by atoms with Crippen molar-refractivity contribution in [2.45, 2.75) is 36.7 Å². The third kappa shape index (κ3) is 3.54. The van der Waals surface area contributed by atoms with E-state index in [1.54, 1.807) is 24.3 Å². The SMILES string of the molecule is O=S(=O)(CCCC1CCCO1)c1ccccc1. The Morgan fingerprint density at radius 3 is 2.65 bits per heavy atom. The van der Waals surface area contributed by atoms with Gasteiger partial charge in [-0.3, -0.25) is 0 Å². The van der Waals surface area contributed by atoms with Crippen LogP contribution in [-0.4, -0.2) is 26.9 Å². The largest absolute Gasteiger partial charge is 0.378 e. The van der Waals surface area contributed by atoms with E-state index in [9.17, 15) is 8.42 Å². The lowest BCUT2D eigenvalue weighted by Gasteiger charge is -2.09. The number of hydrogen-bond donors (Lipinski definition) is 0. The van der Waals surface area contributed by atoms with E-state index in [4.69, 9.17) is 4.74 Å². The minimum Gasteiger partial charge on any atom is -0.378 e. The molecule has 0 amide bonds. The van der Waals surface area contributed by atoms with E-state index in [0.29, 0.717) is 11.3 Å². The van der Waals surface area contributed by atoms with Gasteiger partial charge in [-0.15, -0.1) is 0 Å². The highest BCUT2D eigenvalue weighted by atomic mass is 32.2. The molecule has 17 heavy (non-hydrogen) atoms. The topological polar surface area (TPSA) is 43.4 Å². The summed E-state index contributed by atoms with van der Waals surface area (Å²) in [6.07, 6.45) is 4.00. The van der Waals surface area contributed by atoms with E-state index in [2.05, 4.69) is 0 Å². The molecule has 1 atom stereocenters. The maximum absolute atomic E-state index is 12.0. The minimum absolute atomic E-state index is 0.219. The zero-order valence-corrected chi connectivity index (χ0v) is 10.7. The molecule has 1 aliphatic heterocycles. The second-order valence-corrected chi connectivity index (χ2v) is 6.52. The van der Waals surface area contributed by atoms with Gasteiger partial charge in [-0.25, -0.2) is 8.42 Å². The first kappa shape index (κ1) is 12.6. The van der Waals surface area contributed by atoms with E-state index < -0.39 is 9.84 Å². The molecule has 3 nitrogen and oxygen atoms in total. The first-order valence-corrected chi connectivity index (χ1v) is 7.73. The van der Waals surface area contributed by atoms with E-state index >= 15 is 0 Å². The zero-order valence-electron chi connectivity index (χ0n) is 9.84. The molecule has 1 aliphatic rings. The Hall–Kier alpha value is -0.870. The summed E-state index contributed by atoms with van der Waals surface area (Å²) in [5.74, 6) is 0.219. The van der Waals surface area contributed by atoms with Crippen LogP contribution < -0.4 is 0 Å². The summed E-state index contributed by atoms with van der Waals surface area (Å²) in [7, 11) is -3.11. The molecule has 1 unspecified atom stereocenters. The fraction of sp³-hybridized carbons (Fsp3) is 0.538. The smallest absolute Gasteiger partial charge is 0.178 e. The molecule has 0 bridgehead atoms. The maximum Gasteiger partial charge on any atom is 0.178 e. The summed E-state index contributed by atoms with van der Waals surface area (Å²) in [6, 6.07) is 8.65. The summed E-state index contributed by atoms with van der Waals surface area (Å²) in [4.78, 5) is 0.423. The molecule has 2 rings (SSSR count). The van der Waals surface area contributed by atoms with Crippen LogP contribution in [0.2, 0.25) is 0 Å². The van der Waals surface area contributed by atoms with E-state index in [1.165, 1.54) is 0 Å². The van der Waals surface area contributed by atoms with E-state index in [0.717, 1.165) is 25.9 Å². The van der Waals surface area contributed by atoms with Crippen molar-refractivity contribution in [2.75, 3.05) is 12.4 Å². The van der Waals surface area contributed by atoms with Gasteiger partial charge in [0.1, 0.15) is 0 Å². The first-order valence-electron chi connectivity index (χ1n) is 6.08. The molecule has 94 valence electrons. The highest BCUT2D eigenvalue weighted by molar-refractivity contribution is 7.91. The number of rotatable bonds is 5. The van der Waals surface area contributed by atoms with Gasteiger partial charge in [0.2, 0.25) is 0 Å². The van der Waals surface area contributed by atoms with Gasteiger partial charge in [0.15, 0.2) is 9.84 Å². The van der Waals surface area contributed by atoms with Gasteiger partial charge < -0.3 is 4.74 Å². The van der Waals surface area contributed by atoms with Crippen molar-refractivity contribution in [1.82, 2.24) is 0 Å². The van der Waals surface area contributed by atoms with Gasteiger partial charge in [-0.1, -0.05) is 18.2 Å². The number of hydrogen-bond acceptors (Lipinski definition) is 3. The Balaban J connectivity index is 1.85. The van der Waals surface area contributed by atoms with Crippen molar-refractivity contribution in [3.05, 3.63) is 30.3 Å². The maximum atomic E-state index is 12.0. The molecule has 0 aliphatic carbocycles. The van der Waals surface area contributed by atoms with E-state index in [-0.39, 0.29) is 11.9 Å². The minimum atomic E-state index is -3.11. The van der Waals surface area contributed by atoms with Gasteiger partial charge in [0.05, 0.1) is 16.8 Å². The van der Waals surface area contributed by atoms with Crippen molar-refractivity contribution >= 4 is 9.84 Å². The van der Waals surface area contributed by atoms with Gasteiger partial charge in [0, 0.05) is 6.61 Å². The molecule has 1 aromatic rings. The average molecular weight is 254 g/mol. The van der Waals surface area contributed by atoms with Crippen LogP contribution in [0, 0.1) is 0 Å². The van der Waals surface area contributed by atoms with Crippen molar-refractivity contribution in [1.29, 1.82) is 0 Å². The molecule has 1 heterocycles. The van der Waals surface area contributed by atoms with Crippen LogP contribution in [0.1, 0.15) is 25.7 Å². The molecule has 1 fully saturated rings. The van der Waals surface area contributed by atoms with E-state index in [1.807, 2.05) is 6.07 Å². The van der Waals surface area contributed by atoms with Gasteiger partial charge in [0.25, 0.3) is 0 Å². The molecule has 1 aromatic carbocycles. The molecule has 1 saturated heterocycles. The molecule has 0 saturated carbocycles. The Morgan fingerprint density at radius 2 is 2.00 bits per heavy atom. The van der Waals surface area contributed by atoms with Crippen molar-refractivity contribution < 1.29 is 13.2 Å². The lowest BCUT2D eigenvalue weighted by molar-refractivity contribution is 0.104. The van der Waals surface area contributed by atoms with Crippen molar-refractivity contribution in [3.8, 4) is 0 Å². The summed E-state index contributed by atoms with van der Waals surface area (Å²) >= 11 is 0. The normalized spacial score (nSPS) is 20.6. The second kappa shape index (κ2) is 5.65. The molecule has 0 radical (unpaired) electrons. The molecular weight excluding hydrogens is 236 g/mol. The number of sulfone groups is 1. The Labute approximate surface area is 103 Å². The van der Waals surface area contributed by atoms with Gasteiger partial charge >= 0.3 is 0 Å². The summed E-state index contributed by atoms with van der Waals surface area (Å²) in [6.45, 7) is 0.829. The second-order valence-electron chi connectivity index (χ2n) is 4.41. The predicted molar refractivity (Wildman–Crippen MR) is 66.7 cm³/mol. The molecule has 0 aromatic heterocycles. The summed E-state index contributed by atoms with van der Waals surface area (Å²) in [5, 5.41) is 0. The molecule has 4 heteroatoms. The Morgan fingerprint density at radius 1 is 1.24 bits per heavy atom. The van der Waals surface area contributed by atoms with Gasteiger partial charge in [-0.05, 0) is 37.8 Å². The van der Waals surface area contributed by atoms with Crippen LogP contribution in [0.15, 0.2) is 35.2 Å². The van der Waals surface area contributed by atoms with Crippen LogP contribution in [-0.2, 0) is 14.6 Å². The van der Waals surface area contributed by atoms with Crippen molar-refractivity contribution in [3.63, 3.8) is 0 Å². The predicted octanol–water partition coefficient (Wildman–Crippen LogP) is 2.42. The first-order chi connectivity index (χ1) is 8.18. The fourth-order valence-corrected chi connectivity index (χ4v) is 3.47. The third-order valence-electron chi connectivity index (χ3n) is 3.07.